The molecule has 0 fully saturated rings. The number of urea groups is 1. The second kappa shape index (κ2) is 9.39. The van der Waals surface area contributed by atoms with Crippen LogP contribution in [0.15, 0.2) is 52.1 Å². The monoisotopic (exact) mass is 442 g/mol. The van der Waals surface area contributed by atoms with Crippen LogP contribution in [0.1, 0.15) is 0 Å². The summed E-state index contributed by atoms with van der Waals surface area (Å²) in [5.74, 6) is 1.60. The smallest absolute Gasteiger partial charge is 0.325 e. The lowest BCUT2D eigenvalue weighted by Gasteiger charge is -2.19. The average Bonchev–Trinajstić information content (AvgIpc) is 3.27. The Morgan fingerprint density at radius 3 is 2.61 bits per heavy atom. The van der Waals surface area contributed by atoms with Crippen molar-refractivity contribution in [2.75, 3.05) is 31.4 Å². The summed E-state index contributed by atoms with van der Waals surface area (Å²) in [6.45, 7) is 0.919. The van der Waals surface area contributed by atoms with Gasteiger partial charge in [0.15, 0.2) is 11.5 Å². The minimum atomic E-state index is -0.660. The Labute approximate surface area is 181 Å². The first-order valence-electron chi connectivity index (χ1n) is 9.22. The van der Waals surface area contributed by atoms with Crippen molar-refractivity contribution in [3.8, 4) is 28.7 Å². The fraction of sp³-hybridized carbons (Fsp3) is 0.200. The zero-order valence-electron chi connectivity index (χ0n) is 16.4. The Morgan fingerprint density at radius 2 is 1.84 bits per heavy atom. The quantitative estimate of drug-likeness (QED) is 0.554. The van der Waals surface area contributed by atoms with Gasteiger partial charge in [0.25, 0.3) is 5.22 Å². The van der Waals surface area contributed by atoms with Gasteiger partial charge >= 0.3 is 6.03 Å². The largest absolute Gasteiger partial charge is 0.497 e. The molecule has 11 heteroatoms. The van der Waals surface area contributed by atoms with Gasteiger partial charge in [0, 0.05) is 17.3 Å². The van der Waals surface area contributed by atoms with Crippen molar-refractivity contribution in [2.24, 2.45) is 0 Å². The number of rotatable bonds is 6. The molecule has 1 aliphatic heterocycles. The van der Waals surface area contributed by atoms with E-state index in [1.54, 1.807) is 49.6 Å². The maximum atomic E-state index is 12.1. The Morgan fingerprint density at radius 1 is 1.06 bits per heavy atom. The van der Waals surface area contributed by atoms with Crippen molar-refractivity contribution < 1.29 is 28.2 Å². The summed E-state index contributed by atoms with van der Waals surface area (Å²) < 4.78 is 21.5. The molecular weight excluding hydrogens is 424 g/mol. The fourth-order valence-corrected chi connectivity index (χ4v) is 3.25. The number of fused-ring (bicyclic) bond motifs is 1. The number of ether oxygens (including phenoxy) is 3. The Hall–Kier alpha value is -3.73. The molecule has 2 aromatic carbocycles. The van der Waals surface area contributed by atoms with E-state index in [0.29, 0.717) is 42.0 Å². The number of hydrogen-bond acceptors (Lipinski definition) is 9. The second-order valence-corrected chi connectivity index (χ2v) is 7.18. The van der Waals surface area contributed by atoms with Crippen LogP contribution in [0.2, 0.25) is 0 Å². The highest BCUT2D eigenvalue weighted by Gasteiger charge is 2.15. The summed E-state index contributed by atoms with van der Waals surface area (Å²) in [6.07, 6.45) is 0. The molecule has 3 amide bonds. The van der Waals surface area contributed by atoms with Crippen molar-refractivity contribution in [1.29, 1.82) is 0 Å². The van der Waals surface area contributed by atoms with E-state index in [1.165, 1.54) is 0 Å². The molecule has 2 N–H and O–H groups in total. The first kappa shape index (κ1) is 20.5. The minimum Gasteiger partial charge on any atom is -0.497 e. The number of amides is 3. The van der Waals surface area contributed by atoms with Gasteiger partial charge in [-0.15, -0.1) is 10.2 Å². The van der Waals surface area contributed by atoms with Gasteiger partial charge in [-0.3, -0.25) is 10.1 Å². The number of imide groups is 1. The SMILES string of the molecule is COc1ccc(-c2nnc(SCC(=O)NC(=O)Nc3ccc4c(c3)OCCO4)o2)cc1. The highest BCUT2D eigenvalue weighted by molar-refractivity contribution is 7.99. The van der Waals surface area contributed by atoms with Crippen LogP contribution in [0.25, 0.3) is 11.5 Å². The number of anilines is 1. The van der Waals surface area contributed by atoms with Crippen molar-refractivity contribution >= 4 is 29.4 Å². The molecule has 1 aliphatic rings. The van der Waals surface area contributed by atoms with E-state index in [9.17, 15) is 9.59 Å². The first-order chi connectivity index (χ1) is 15.1. The zero-order chi connectivity index (χ0) is 21.6. The second-order valence-electron chi connectivity index (χ2n) is 6.25. The Balaban J connectivity index is 1.26. The predicted octanol–water partition coefficient (Wildman–Crippen LogP) is 2.96. The van der Waals surface area contributed by atoms with E-state index >= 15 is 0 Å². The Kier molecular flexibility index (Phi) is 6.22. The lowest BCUT2D eigenvalue weighted by atomic mass is 10.2. The first-order valence-corrected chi connectivity index (χ1v) is 10.2. The van der Waals surface area contributed by atoms with E-state index in [-0.39, 0.29) is 11.0 Å². The highest BCUT2D eigenvalue weighted by Crippen LogP contribution is 2.32. The summed E-state index contributed by atoms with van der Waals surface area (Å²) in [6, 6.07) is 11.5. The standard InChI is InChI=1S/C20H18N4O6S/c1-27-14-5-2-12(3-6-14)18-23-24-20(30-18)31-11-17(25)22-19(26)21-13-4-7-15-16(10-13)29-9-8-28-15/h2-7,10H,8-9,11H2,1H3,(H2,21,22,25,26). The van der Waals surface area contributed by atoms with Gasteiger partial charge in [-0.1, -0.05) is 11.8 Å². The molecule has 1 aromatic heterocycles. The Bertz CT molecular complexity index is 1090. The highest BCUT2D eigenvalue weighted by atomic mass is 32.2. The van der Waals surface area contributed by atoms with Crippen molar-refractivity contribution in [2.45, 2.75) is 5.22 Å². The maximum absolute atomic E-state index is 12.1. The number of carbonyl (C=O) groups is 2. The van der Waals surface area contributed by atoms with E-state index in [2.05, 4.69) is 20.8 Å². The number of hydrogen-bond donors (Lipinski definition) is 2. The average molecular weight is 442 g/mol. The molecule has 4 rings (SSSR count). The number of carbonyl (C=O) groups excluding carboxylic acids is 2. The van der Waals surface area contributed by atoms with Gasteiger partial charge in [-0.25, -0.2) is 4.79 Å². The molecule has 0 bridgehead atoms. The number of methoxy groups -OCH3 is 1. The van der Waals surface area contributed by atoms with Gasteiger partial charge in [0.1, 0.15) is 19.0 Å². The molecule has 0 radical (unpaired) electrons. The third-order valence-corrected chi connectivity index (χ3v) is 4.94. The normalized spacial score (nSPS) is 12.2. The lowest BCUT2D eigenvalue weighted by Crippen LogP contribution is -2.35. The molecule has 0 saturated heterocycles. The molecule has 2 heterocycles. The molecule has 3 aromatic rings. The van der Waals surface area contributed by atoms with E-state index in [4.69, 9.17) is 18.6 Å². The maximum Gasteiger partial charge on any atom is 0.325 e. The van der Waals surface area contributed by atoms with Crippen molar-refractivity contribution in [3.63, 3.8) is 0 Å². The molecular formula is C20H18N4O6S. The topological polar surface area (TPSA) is 125 Å². The van der Waals surface area contributed by atoms with Gasteiger partial charge in [0.2, 0.25) is 11.8 Å². The predicted molar refractivity (Wildman–Crippen MR) is 112 cm³/mol. The van der Waals surface area contributed by atoms with Gasteiger partial charge < -0.3 is 23.9 Å². The van der Waals surface area contributed by atoms with Crippen molar-refractivity contribution in [3.05, 3.63) is 42.5 Å². The third kappa shape index (κ3) is 5.25. The van der Waals surface area contributed by atoms with Gasteiger partial charge in [0.05, 0.1) is 12.9 Å². The van der Waals surface area contributed by atoms with E-state index in [1.807, 2.05) is 0 Å². The van der Waals surface area contributed by atoms with Crippen LogP contribution in [0.4, 0.5) is 10.5 Å². The van der Waals surface area contributed by atoms with Crippen LogP contribution in [0.5, 0.6) is 17.2 Å². The summed E-state index contributed by atoms with van der Waals surface area (Å²) in [5, 5.41) is 12.9. The molecule has 0 aliphatic carbocycles. The molecule has 31 heavy (non-hydrogen) atoms. The molecule has 0 unspecified atom stereocenters. The minimum absolute atomic E-state index is 0.0706. The summed E-state index contributed by atoms with van der Waals surface area (Å²) >= 11 is 1.03. The van der Waals surface area contributed by atoms with Crippen LogP contribution in [0, 0.1) is 0 Å². The van der Waals surface area contributed by atoms with Crippen LogP contribution in [0.3, 0.4) is 0 Å². The van der Waals surface area contributed by atoms with Crippen LogP contribution >= 0.6 is 11.8 Å². The number of nitrogens with one attached hydrogen (secondary N) is 2. The van der Waals surface area contributed by atoms with Crippen LogP contribution in [-0.2, 0) is 4.79 Å². The number of nitrogens with zero attached hydrogens (tertiary/aromatic N) is 2. The lowest BCUT2D eigenvalue weighted by molar-refractivity contribution is -0.117. The molecule has 0 atom stereocenters. The molecule has 160 valence electrons. The number of thioether (sulfide) groups is 1. The van der Waals surface area contributed by atoms with Crippen LogP contribution < -0.4 is 24.8 Å². The van der Waals surface area contributed by atoms with Gasteiger partial charge in [-0.2, -0.15) is 0 Å². The number of benzene rings is 2. The van der Waals surface area contributed by atoms with Crippen LogP contribution in [-0.4, -0.2) is 48.2 Å². The number of aromatic nitrogens is 2. The van der Waals surface area contributed by atoms with E-state index < -0.39 is 11.9 Å². The fourth-order valence-electron chi connectivity index (χ4n) is 2.69. The molecule has 0 spiro atoms. The van der Waals surface area contributed by atoms with Crippen molar-refractivity contribution in [1.82, 2.24) is 15.5 Å². The summed E-state index contributed by atoms with van der Waals surface area (Å²) in [5.41, 5.74) is 1.20. The molecule has 0 saturated carbocycles. The summed E-state index contributed by atoms with van der Waals surface area (Å²) in [4.78, 5) is 24.1. The third-order valence-electron chi connectivity index (χ3n) is 4.12. The van der Waals surface area contributed by atoms with Gasteiger partial charge in [-0.05, 0) is 36.4 Å². The molecule has 10 nitrogen and oxygen atoms in total. The van der Waals surface area contributed by atoms with E-state index in [0.717, 1.165) is 17.3 Å². The zero-order valence-corrected chi connectivity index (χ0v) is 17.2. The summed E-state index contributed by atoms with van der Waals surface area (Å²) in [7, 11) is 1.58.